The van der Waals surface area contributed by atoms with Crippen LogP contribution in [0.25, 0.3) is 0 Å². The predicted molar refractivity (Wildman–Crippen MR) is 86.0 cm³/mol. The molecule has 0 bridgehead atoms. The summed E-state index contributed by atoms with van der Waals surface area (Å²) in [5, 5.41) is 6.14. The molecule has 2 aromatic rings. The molecule has 0 amide bonds. The third-order valence-corrected chi connectivity index (χ3v) is 3.48. The molecule has 0 aliphatic rings. The molecule has 2 N–H and O–H groups in total. The smallest absolute Gasteiger partial charge is 0.233 e. The molecule has 0 saturated carbocycles. The number of hydrogen-bond acceptors (Lipinski definition) is 5. The van der Waals surface area contributed by atoms with E-state index in [0.29, 0.717) is 22.7 Å². The van der Waals surface area contributed by atoms with Gasteiger partial charge in [-0.15, -0.1) is 0 Å². The van der Waals surface area contributed by atoms with Crippen LogP contribution in [-0.2, 0) is 0 Å². The molecule has 0 aliphatic carbocycles. The molecule has 1 aromatic carbocycles. The van der Waals surface area contributed by atoms with Gasteiger partial charge in [-0.3, -0.25) is 0 Å². The lowest BCUT2D eigenvalue weighted by Gasteiger charge is -2.11. The fourth-order valence-corrected chi connectivity index (χ4v) is 2.55. The van der Waals surface area contributed by atoms with E-state index in [1.807, 2.05) is 6.92 Å². The Labute approximate surface area is 139 Å². The second kappa shape index (κ2) is 7.20. The van der Waals surface area contributed by atoms with E-state index in [9.17, 15) is 4.39 Å². The average molecular weight is 395 g/mol. The van der Waals surface area contributed by atoms with Crippen LogP contribution in [0.2, 0.25) is 10.3 Å². The van der Waals surface area contributed by atoms with Crippen molar-refractivity contribution in [2.75, 3.05) is 17.2 Å². The van der Waals surface area contributed by atoms with Crippen LogP contribution in [0.15, 0.2) is 16.6 Å². The number of aromatic nitrogens is 3. The van der Waals surface area contributed by atoms with Crippen LogP contribution in [0.1, 0.15) is 13.3 Å². The van der Waals surface area contributed by atoms with Crippen LogP contribution in [0.4, 0.5) is 22.0 Å². The molecule has 5 nitrogen and oxygen atoms in total. The van der Waals surface area contributed by atoms with Crippen molar-refractivity contribution in [3.8, 4) is 0 Å². The fourth-order valence-electron chi connectivity index (χ4n) is 1.50. The molecule has 112 valence electrons. The summed E-state index contributed by atoms with van der Waals surface area (Å²) < 4.78 is 13.7. The predicted octanol–water partition coefficient (Wildman–Crippen LogP) is 4.65. The standard InChI is InChI=1S/C12H11BrCl2FN5/c1-2-3-17-11-19-10(15)20-12(21-11)18-9-7(13)4-6(16)5-8(9)14/h4-5H,2-3H2,1H3,(H2,17,18,19,20,21). The monoisotopic (exact) mass is 393 g/mol. The molecule has 21 heavy (non-hydrogen) atoms. The van der Waals surface area contributed by atoms with Gasteiger partial charge in [0.15, 0.2) is 0 Å². The van der Waals surface area contributed by atoms with Gasteiger partial charge in [-0.2, -0.15) is 15.0 Å². The van der Waals surface area contributed by atoms with E-state index in [2.05, 4.69) is 41.5 Å². The molecule has 0 spiro atoms. The molecule has 9 heteroatoms. The topological polar surface area (TPSA) is 62.7 Å². The fraction of sp³-hybridized carbons (Fsp3) is 0.250. The first-order valence-corrected chi connectivity index (χ1v) is 7.61. The quantitative estimate of drug-likeness (QED) is 0.772. The van der Waals surface area contributed by atoms with Gasteiger partial charge in [-0.25, -0.2) is 4.39 Å². The third-order valence-electron chi connectivity index (χ3n) is 2.38. The van der Waals surface area contributed by atoms with Crippen molar-refractivity contribution in [1.29, 1.82) is 0 Å². The number of rotatable bonds is 5. The highest BCUT2D eigenvalue weighted by Crippen LogP contribution is 2.33. The molecule has 0 fully saturated rings. The summed E-state index contributed by atoms with van der Waals surface area (Å²) in [7, 11) is 0. The zero-order valence-corrected chi connectivity index (χ0v) is 14.0. The molecule has 1 aromatic heterocycles. The minimum absolute atomic E-state index is 0.0421. The SMILES string of the molecule is CCCNc1nc(Cl)nc(Nc2c(Cl)cc(F)cc2Br)n1. The molecule has 1 heterocycles. The van der Waals surface area contributed by atoms with Crippen LogP contribution < -0.4 is 10.6 Å². The highest BCUT2D eigenvalue weighted by atomic mass is 79.9. The number of halogens is 4. The van der Waals surface area contributed by atoms with Gasteiger partial charge in [0.2, 0.25) is 17.2 Å². The molecule has 0 aliphatic heterocycles. The van der Waals surface area contributed by atoms with E-state index in [1.165, 1.54) is 12.1 Å². The molecule has 0 radical (unpaired) electrons. The van der Waals surface area contributed by atoms with Gasteiger partial charge >= 0.3 is 0 Å². The van der Waals surface area contributed by atoms with Crippen LogP contribution in [0.3, 0.4) is 0 Å². The molecule has 0 atom stereocenters. The lowest BCUT2D eigenvalue weighted by atomic mass is 10.3. The van der Waals surface area contributed by atoms with Crippen molar-refractivity contribution >= 4 is 56.7 Å². The van der Waals surface area contributed by atoms with E-state index >= 15 is 0 Å². The number of hydrogen-bond donors (Lipinski definition) is 2. The Morgan fingerprint density at radius 2 is 1.90 bits per heavy atom. The molecule has 0 unspecified atom stereocenters. The van der Waals surface area contributed by atoms with Crippen molar-refractivity contribution < 1.29 is 4.39 Å². The lowest BCUT2D eigenvalue weighted by molar-refractivity contribution is 0.627. The molecular weight excluding hydrogens is 384 g/mol. The lowest BCUT2D eigenvalue weighted by Crippen LogP contribution is -2.08. The summed E-state index contributed by atoms with van der Waals surface area (Å²) in [5.74, 6) is 0.118. The largest absolute Gasteiger partial charge is 0.354 e. The highest BCUT2D eigenvalue weighted by molar-refractivity contribution is 9.10. The van der Waals surface area contributed by atoms with Gasteiger partial charge in [0.05, 0.1) is 10.7 Å². The second-order valence-electron chi connectivity index (χ2n) is 4.05. The van der Waals surface area contributed by atoms with Gasteiger partial charge in [0.1, 0.15) is 5.82 Å². The molecule has 2 rings (SSSR count). The van der Waals surface area contributed by atoms with E-state index in [0.717, 1.165) is 6.42 Å². The van der Waals surface area contributed by atoms with Gasteiger partial charge < -0.3 is 10.6 Å². The minimum atomic E-state index is -0.448. The Bertz CT molecular complexity index is 633. The van der Waals surface area contributed by atoms with E-state index in [4.69, 9.17) is 23.2 Å². The maximum Gasteiger partial charge on any atom is 0.233 e. The molecular formula is C12H11BrCl2FN5. The third kappa shape index (κ3) is 4.39. The van der Waals surface area contributed by atoms with E-state index in [1.54, 1.807) is 0 Å². The minimum Gasteiger partial charge on any atom is -0.354 e. The van der Waals surface area contributed by atoms with Gasteiger partial charge in [0, 0.05) is 11.0 Å². The summed E-state index contributed by atoms with van der Waals surface area (Å²) in [6.07, 6.45) is 0.918. The van der Waals surface area contributed by atoms with Crippen molar-refractivity contribution in [3.05, 3.63) is 32.7 Å². The highest BCUT2D eigenvalue weighted by Gasteiger charge is 2.11. The van der Waals surface area contributed by atoms with Crippen LogP contribution in [0, 0.1) is 5.82 Å². The average Bonchev–Trinajstić information content (AvgIpc) is 2.40. The van der Waals surface area contributed by atoms with E-state index < -0.39 is 5.82 Å². The van der Waals surface area contributed by atoms with Crippen LogP contribution >= 0.6 is 39.1 Å². The summed E-state index contributed by atoms with van der Waals surface area (Å²) >= 11 is 15.1. The Balaban J connectivity index is 2.29. The van der Waals surface area contributed by atoms with Crippen molar-refractivity contribution in [2.45, 2.75) is 13.3 Å². The van der Waals surface area contributed by atoms with Gasteiger partial charge in [0.25, 0.3) is 0 Å². The normalized spacial score (nSPS) is 10.5. The Hall–Kier alpha value is -1.18. The molecule has 0 saturated heterocycles. The number of nitrogens with zero attached hydrogens (tertiary/aromatic N) is 3. The van der Waals surface area contributed by atoms with Crippen molar-refractivity contribution in [3.63, 3.8) is 0 Å². The first kappa shape index (κ1) is 16.2. The maximum absolute atomic E-state index is 13.2. The summed E-state index contributed by atoms with van der Waals surface area (Å²) in [6.45, 7) is 2.73. The van der Waals surface area contributed by atoms with Crippen molar-refractivity contribution in [2.24, 2.45) is 0 Å². The number of nitrogens with one attached hydrogen (secondary N) is 2. The summed E-state index contributed by atoms with van der Waals surface area (Å²) in [6, 6.07) is 2.47. The Morgan fingerprint density at radius 3 is 2.57 bits per heavy atom. The second-order valence-corrected chi connectivity index (χ2v) is 5.65. The maximum atomic E-state index is 13.2. The first-order chi connectivity index (χ1) is 9.99. The number of benzene rings is 1. The van der Waals surface area contributed by atoms with Gasteiger partial charge in [-0.05, 0) is 46.1 Å². The van der Waals surface area contributed by atoms with Crippen LogP contribution in [0.5, 0.6) is 0 Å². The van der Waals surface area contributed by atoms with E-state index in [-0.39, 0.29) is 16.3 Å². The number of anilines is 3. The summed E-state index contributed by atoms with van der Waals surface area (Å²) in [5.41, 5.74) is 0.446. The summed E-state index contributed by atoms with van der Waals surface area (Å²) in [4.78, 5) is 12.1. The van der Waals surface area contributed by atoms with Crippen molar-refractivity contribution in [1.82, 2.24) is 15.0 Å². The Kier molecular flexibility index (Phi) is 5.55. The zero-order chi connectivity index (χ0) is 15.4. The van der Waals surface area contributed by atoms with Gasteiger partial charge in [-0.1, -0.05) is 18.5 Å². The van der Waals surface area contributed by atoms with Crippen LogP contribution in [-0.4, -0.2) is 21.5 Å². The Morgan fingerprint density at radius 1 is 1.19 bits per heavy atom. The zero-order valence-electron chi connectivity index (χ0n) is 10.9. The first-order valence-electron chi connectivity index (χ1n) is 6.06.